The average Bonchev–Trinajstić information content (AvgIpc) is 3.19. The van der Waals surface area contributed by atoms with E-state index in [2.05, 4.69) is 22.0 Å². The molecular weight excluding hydrogens is 416 g/mol. The molecule has 1 aliphatic heterocycles. The highest BCUT2D eigenvalue weighted by Gasteiger charge is 2.33. The van der Waals surface area contributed by atoms with E-state index >= 15 is 0 Å². The minimum atomic E-state index is -0.706. The SMILES string of the molecule is CCc1cc(-c2ccc(CN3CCC(O)(c4ccccc4)CC3)s2)c(C)[nH]c1=O.Cl. The summed E-state index contributed by atoms with van der Waals surface area (Å²) in [5.74, 6) is 0. The number of halogens is 1. The number of aromatic amines is 1. The number of nitrogens with zero attached hydrogens (tertiary/aromatic N) is 1. The highest BCUT2D eigenvalue weighted by Crippen LogP contribution is 2.35. The normalized spacial score (nSPS) is 16.2. The molecule has 6 heteroatoms. The fraction of sp³-hybridized carbons (Fsp3) is 0.375. The topological polar surface area (TPSA) is 56.3 Å². The van der Waals surface area contributed by atoms with Crippen LogP contribution < -0.4 is 5.56 Å². The second-order valence-corrected chi connectivity index (χ2v) is 9.12. The Morgan fingerprint density at radius 2 is 1.83 bits per heavy atom. The standard InChI is InChI=1S/C24H28N2O2S.ClH/c1-3-18-15-21(17(2)25-23(18)27)22-10-9-20(29-22)16-26-13-11-24(28,12-14-26)19-7-5-4-6-8-19;/h4-10,15,28H,3,11-14,16H2,1-2H3,(H,25,27);1H. The van der Waals surface area contributed by atoms with E-state index in [1.165, 1.54) is 9.75 Å². The van der Waals surface area contributed by atoms with Gasteiger partial charge in [-0.2, -0.15) is 0 Å². The van der Waals surface area contributed by atoms with Crippen molar-refractivity contribution in [2.75, 3.05) is 13.1 Å². The smallest absolute Gasteiger partial charge is 0.251 e. The predicted molar refractivity (Wildman–Crippen MR) is 127 cm³/mol. The minimum absolute atomic E-state index is 0. The molecule has 0 saturated carbocycles. The third-order valence-corrected chi connectivity index (χ3v) is 7.10. The van der Waals surface area contributed by atoms with E-state index in [4.69, 9.17) is 0 Å². The zero-order valence-electron chi connectivity index (χ0n) is 17.5. The van der Waals surface area contributed by atoms with E-state index in [1.807, 2.05) is 50.2 Å². The molecule has 3 heterocycles. The number of aliphatic hydroxyl groups is 1. The monoisotopic (exact) mass is 444 g/mol. The third kappa shape index (κ3) is 4.70. The van der Waals surface area contributed by atoms with Gasteiger partial charge in [-0.1, -0.05) is 37.3 Å². The Morgan fingerprint density at radius 3 is 2.50 bits per heavy atom. The van der Waals surface area contributed by atoms with Gasteiger partial charge in [0, 0.05) is 46.2 Å². The van der Waals surface area contributed by atoms with Crippen molar-refractivity contribution in [2.24, 2.45) is 0 Å². The zero-order chi connectivity index (χ0) is 20.4. The number of hydrogen-bond acceptors (Lipinski definition) is 4. The first kappa shape index (κ1) is 22.8. The first-order valence-electron chi connectivity index (χ1n) is 10.3. The molecule has 0 bridgehead atoms. The number of piperidine rings is 1. The average molecular weight is 445 g/mol. The van der Waals surface area contributed by atoms with Crippen molar-refractivity contribution in [1.82, 2.24) is 9.88 Å². The van der Waals surface area contributed by atoms with Crippen molar-refractivity contribution in [1.29, 1.82) is 0 Å². The Labute approximate surface area is 188 Å². The van der Waals surface area contributed by atoms with E-state index < -0.39 is 5.60 Å². The summed E-state index contributed by atoms with van der Waals surface area (Å²) < 4.78 is 0. The molecule has 1 fully saturated rings. The van der Waals surface area contributed by atoms with Crippen LogP contribution in [-0.4, -0.2) is 28.1 Å². The van der Waals surface area contributed by atoms with Crippen molar-refractivity contribution >= 4 is 23.7 Å². The molecular formula is C24H29ClN2O2S. The summed E-state index contributed by atoms with van der Waals surface area (Å²) in [7, 11) is 0. The quantitative estimate of drug-likeness (QED) is 0.589. The van der Waals surface area contributed by atoms with Crippen molar-refractivity contribution < 1.29 is 5.11 Å². The lowest BCUT2D eigenvalue weighted by molar-refractivity contribution is -0.0275. The van der Waals surface area contributed by atoms with Crippen molar-refractivity contribution in [3.63, 3.8) is 0 Å². The summed E-state index contributed by atoms with van der Waals surface area (Å²) in [6.45, 7) is 6.65. The van der Waals surface area contributed by atoms with Crippen LogP contribution in [0.3, 0.4) is 0 Å². The first-order chi connectivity index (χ1) is 14.0. The van der Waals surface area contributed by atoms with Crippen LogP contribution in [0.15, 0.2) is 53.3 Å². The Bertz CT molecular complexity index is 1040. The van der Waals surface area contributed by atoms with Gasteiger partial charge in [0.1, 0.15) is 0 Å². The van der Waals surface area contributed by atoms with E-state index in [9.17, 15) is 9.90 Å². The summed E-state index contributed by atoms with van der Waals surface area (Å²) in [6, 6.07) is 16.4. The number of likely N-dealkylation sites (tertiary alicyclic amines) is 1. The molecule has 1 saturated heterocycles. The van der Waals surface area contributed by atoms with Crippen molar-refractivity contribution in [3.8, 4) is 10.4 Å². The molecule has 0 radical (unpaired) electrons. The van der Waals surface area contributed by atoms with Crippen LogP contribution in [0.5, 0.6) is 0 Å². The molecule has 4 rings (SSSR count). The van der Waals surface area contributed by atoms with Gasteiger partial charge >= 0.3 is 0 Å². The second-order valence-electron chi connectivity index (χ2n) is 7.96. The summed E-state index contributed by atoms with van der Waals surface area (Å²) in [6.07, 6.45) is 2.25. The van der Waals surface area contributed by atoms with Crippen LogP contribution in [0.2, 0.25) is 0 Å². The highest BCUT2D eigenvalue weighted by molar-refractivity contribution is 7.15. The molecule has 30 heavy (non-hydrogen) atoms. The highest BCUT2D eigenvalue weighted by atomic mass is 35.5. The molecule has 0 unspecified atom stereocenters. The Morgan fingerprint density at radius 1 is 1.13 bits per heavy atom. The maximum atomic E-state index is 12.0. The lowest BCUT2D eigenvalue weighted by Crippen LogP contribution is -2.42. The van der Waals surface area contributed by atoms with E-state index in [1.54, 1.807) is 11.3 Å². The third-order valence-electron chi connectivity index (χ3n) is 6.00. The number of thiophene rings is 1. The van der Waals surface area contributed by atoms with Crippen LogP contribution in [0.25, 0.3) is 10.4 Å². The number of benzene rings is 1. The number of nitrogens with one attached hydrogen (secondary N) is 1. The summed E-state index contributed by atoms with van der Waals surface area (Å²) in [5, 5.41) is 11.0. The Hall–Kier alpha value is -1.92. The molecule has 3 aromatic rings. The summed E-state index contributed by atoms with van der Waals surface area (Å²) >= 11 is 1.79. The molecule has 1 aromatic carbocycles. The van der Waals surface area contributed by atoms with Crippen LogP contribution in [-0.2, 0) is 18.6 Å². The first-order valence-corrected chi connectivity index (χ1v) is 11.1. The maximum absolute atomic E-state index is 12.0. The van der Waals surface area contributed by atoms with Gasteiger partial charge in [0.05, 0.1) is 5.60 Å². The van der Waals surface area contributed by atoms with Crippen LogP contribution in [0.1, 0.15) is 41.5 Å². The van der Waals surface area contributed by atoms with Gasteiger partial charge in [0.2, 0.25) is 0 Å². The van der Waals surface area contributed by atoms with Gasteiger partial charge in [-0.05, 0) is 49.9 Å². The molecule has 4 nitrogen and oxygen atoms in total. The van der Waals surface area contributed by atoms with E-state index in [0.717, 1.165) is 61.3 Å². The Balaban J connectivity index is 0.00000256. The molecule has 160 valence electrons. The largest absolute Gasteiger partial charge is 0.385 e. The number of hydrogen-bond donors (Lipinski definition) is 2. The van der Waals surface area contributed by atoms with Gasteiger partial charge in [0.15, 0.2) is 0 Å². The lowest BCUT2D eigenvalue weighted by atomic mass is 9.84. The van der Waals surface area contributed by atoms with Gasteiger partial charge < -0.3 is 10.1 Å². The second kappa shape index (κ2) is 9.48. The minimum Gasteiger partial charge on any atom is -0.385 e. The molecule has 0 atom stereocenters. The summed E-state index contributed by atoms with van der Waals surface area (Å²) in [4.78, 5) is 19.9. The van der Waals surface area contributed by atoms with Gasteiger partial charge in [-0.3, -0.25) is 9.69 Å². The van der Waals surface area contributed by atoms with E-state index in [0.29, 0.717) is 0 Å². The number of rotatable bonds is 5. The number of pyridine rings is 1. The van der Waals surface area contributed by atoms with Gasteiger partial charge in [0.25, 0.3) is 5.56 Å². The molecule has 2 aromatic heterocycles. The Kier molecular flexibility index (Phi) is 7.19. The lowest BCUT2D eigenvalue weighted by Gasteiger charge is -2.38. The summed E-state index contributed by atoms with van der Waals surface area (Å²) in [5.41, 5.74) is 3.21. The fourth-order valence-corrected chi connectivity index (χ4v) is 5.25. The van der Waals surface area contributed by atoms with Gasteiger partial charge in [-0.25, -0.2) is 0 Å². The maximum Gasteiger partial charge on any atom is 0.251 e. The fourth-order valence-electron chi connectivity index (χ4n) is 4.13. The zero-order valence-corrected chi connectivity index (χ0v) is 19.1. The molecule has 0 amide bonds. The molecule has 0 spiro atoms. The number of aryl methyl sites for hydroxylation is 2. The van der Waals surface area contributed by atoms with Crippen molar-refractivity contribution in [3.05, 3.63) is 80.6 Å². The van der Waals surface area contributed by atoms with Crippen LogP contribution in [0.4, 0.5) is 0 Å². The molecule has 2 N–H and O–H groups in total. The van der Waals surface area contributed by atoms with Crippen LogP contribution >= 0.6 is 23.7 Å². The van der Waals surface area contributed by atoms with Crippen LogP contribution in [0, 0.1) is 6.92 Å². The molecule has 1 aliphatic rings. The van der Waals surface area contributed by atoms with Gasteiger partial charge in [-0.15, -0.1) is 23.7 Å². The van der Waals surface area contributed by atoms with E-state index in [-0.39, 0.29) is 18.0 Å². The molecule has 0 aliphatic carbocycles. The number of H-pyrrole nitrogens is 1. The van der Waals surface area contributed by atoms with Crippen molar-refractivity contribution in [2.45, 2.75) is 45.3 Å². The predicted octanol–water partition coefficient (Wildman–Crippen LogP) is 4.88. The number of aromatic nitrogens is 1.